The van der Waals surface area contributed by atoms with Gasteiger partial charge in [-0.2, -0.15) is 0 Å². The molecular weight excluding hydrogens is 216 g/mol. The fraction of sp³-hybridized carbons (Fsp3) is 0.462. The summed E-state index contributed by atoms with van der Waals surface area (Å²) < 4.78 is 5.15. The smallest absolute Gasteiger partial charge is 0.239 e. The van der Waals surface area contributed by atoms with Gasteiger partial charge >= 0.3 is 0 Å². The van der Waals surface area contributed by atoms with E-state index < -0.39 is 0 Å². The van der Waals surface area contributed by atoms with E-state index in [2.05, 4.69) is 5.32 Å². The van der Waals surface area contributed by atoms with Crippen LogP contribution in [0, 0.1) is 0 Å². The van der Waals surface area contributed by atoms with Crippen LogP contribution in [-0.4, -0.2) is 38.1 Å². The molecule has 0 radical (unpaired) electrons. The summed E-state index contributed by atoms with van der Waals surface area (Å²) >= 11 is 0. The Morgan fingerprint density at radius 1 is 1.53 bits per heavy atom. The highest BCUT2D eigenvalue weighted by molar-refractivity contribution is 5.81. The van der Waals surface area contributed by atoms with Crippen LogP contribution in [0.1, 0.15) is 12.5 Å². The van der Waals surface area contributed by atoms with Crippen molar-refractivity contribution in [2.45, 2.75) is 19.5 Å². The molecule has 0 aliphatic rings. The molecule has 0 fully saturated rings. The minimum Gasteiger partial charge on any atom is -0.497 e. The largest absolute Gasteiger partial charge is 0.497 e. The molecule has 4 heteroatoms. The number of carbonyl (C=O) groups excluding carboxylic acids is 1. The van der Waals surface area contributed by atoms with E-state index in [0.717, 1.165) is 11.3 Å². The molecule has 17 heavy (non-hydrogen) atoms. The zero-order valence-corrected chi connectivity index (χ0v) is 10.9. The van der Waals surface area contributed by atoms with Crippen molar-refractivity contribution < 1.29 is 9.53 Å². The van der Waals surface area contributed by atoms with Crippen LogP contribution in [0.2, 0.25) is 0 Å². The Kier molecular flexibility index (Phi) is 4.97. The Morgan fingerprint density at radius 3 is 2.82 bits per heavy atom. The number of rotatable bonds is 5. The lowest BCUT2D eigenvalue weighted by atomic mass is 10.2. The first-order chi connectivity index (χ1) is 8.08. The van der Waals surface area contributed by atoms with Crippen LogP contribution in [-0.2, 0) is 11.3 Å². The molecule has 0 aliphatic carbocycles. The fourth-order valence-corrected chi connectivity index (χ4v) is 1.58. The molecule has 4 nitrogen and oxygen atoms in total. The first-order valence-electron chi connectivity index (χ1n) is 5.63. The SMILES string of the molecule is CNC(C)C(=O)N(C)Cc1cccc(OC)c1. The molecular formula is C13H20N2O2. The van der Waals surface area contributed by atoms with Gasteiger partial charge in [-0.1, -0.05) is 12.1 Å². The van der Waals surface area contributed by atoms with Gasteiger partial charge in [0.15, 0.2) is 0 Å². The number of amides is 1. The third-order valence-electron chi connectivity index (χ3n) is 2.73. The second-order valence-electron chi connectivity index (χ2n) is 4.06. The van der Waals surface area contributed by atoms with Crippen molar-refractivity contribution in [2.24, 2.45) is 0 Å². The van der Waals surface area contributed by atoms with E-state index >= 15 is 0 Å². The average Bonchev–Trinajstić information content (AvgIpc) is 2.37. The zero-order valence-electron chi connectivity index (χ0n) is 10.9. The van der Waals surface area contributed by atoms with Gasteiger partial charge in [-0.25, -0.2) is 0 Å². The number of likely N-dealkylation sites (N-methyl/N-ethyl adjacent to an activating group) is 2. The maximum absolute atomic E-state index is 11.9. The Hall–Kier alpha value is -1.55. The van der Waals surface area contributed by atoms with Gasteiger partial charge in [0.2, 0.25) is 5.91 Å². The van der Waals surface area contributed by atoms with Crippen LogP contribution in [0.3, 0.4) is 0 Å². The van der Waals surface area contributed by atoms with Crippen LogP contribution in [0.5, 0.6) is 5.75 Å². The van der Waals surface area contributed by atoms with Gasteiger partial charge < -0.3 is 15.0 Å². The van der Waals surface area contributed by atoms with Crippen molar-refractivity contribution in [1.82, 2.24) is 10.2 Å². The van der Waals surface area contributed by atoms with E-state index in [-0.39, 0.29) is 11.9 Å². The van der Waals surface area contributed by atoms with Gasteiger partial charge in [0.05, 0.1) is 13.2 Å². The van der Waals surface area contributed by atoms with Crippen molar-refractivity contribution in [1.29, 1.82) is 0 Å². The summed E-state index contributed by atoms with van der Waals surface area (Å²) in [6.07, 6.45) is 0. The van der Waals surface area contributed by atoms with Gasteiger partial charge in [0, 0.05) is 13.6 Å². The van der Waals surface area contributed by atoms with Crippen LogP contribution < -0.4 is 10.1 Å². The van der Waals surface area contributed by atoms with Crippen molar-refractivity contribution in [2.75, 3.05) is 21.2 Å². The van der Waals surface area contributed by atoms with Gasteiger partial charge in [0.25, 0.3) is 0 Å². The Labute approximate surface area is 103 Å². The molecule has 0 aliphatic heterocycles. The molecule has 0 spiro atoms. The predicted octanol–water partition coefficient (Wildman–Crippen LogP) is 1.26. The molecule has 1 aromatic rings. The van der Waals surface area contributed by atoms with Gasteiger partial charge in [0.1, 0.15) is 5.75 Å². The molecule has 0 heterocycles. The molecule has 1 amide bonds. The second-order valence-corrected chi connectivity index (χ2v) is 4.06. The van der Waals surface area contributed by atoms with Crippen molar-refractivity contribution in [3.05, 3.63) is 29.8 Å². The van der Waals surface area contributed by atoms with Gasteiger partial charge in [-0.05, 0) is 31.7 Å². The molecule has 0 saturated heterocycles. The number of nitrogens with zero attached hydrogens (tertiary/aromatic N) is 1. The number of nitrogens with one attached hydrogen (secondary N) is 1. The van der Waals surface area contributed by atoms with Crippen molar-refractivity contribution in [3.63, 3.8) is 0 Å². The van der Waals surface area contributed by atoms with E-state index in [4.69, 9.17) is 4.74 Å². The third-order valence-corrected chi connectivity index (χ3v) is 2.73. The number of hydrogen-bond donors (Lipinski definition) is 1. The Bertz CT molecular complexity index is 379. The monoisotopic (exact) mass is 236 g/mol. The van der Waals surface area contributed by atoms with E-state index in [0.29, 0.717) is 6.54 Å². The standard InChI is InChI=1S/C13H20N2O2/c1-10(14-2)13(16)15(3)9-11-6-5-7-12(8-11)17-4/h5-8,10,14H,9H2,1-4H3. The fourth-order valence-electron chi connectivity index (χ4n) is 1.58. The predicted molar refractivity (Wildman–Crippen MR) is 68.0 cm³/mol. The summed E-state index contributed by atoms with van der Waals surface area (Å²) in [6, 6.07) is 7.57. The number of hydrogen-bond acceptors (Lipinski definition) is 3. The molecule has 94 valence electrons. The number of benzene rings is 1. The van der Waals surface area contributed by atoms with Crippen LogP contribution in [0.25, 0.3) is 0 Å². The normalized spacial score (nSPS) is 12.0. The molecule has 1 atom stereocenters. The summed E-state index contributed by atoms with van der Waals surface area (Å²) in [5, 5.41) is 2.94. The van der Waals surface area contributed by atoms with Gasteiger partial charge in [-0.3, -0.25) is 4.79 Å². The number of carbonyl (C=O) groups is 1. The van der Waals surface area contributed by atoms with E-state index in [9.17, 15) is 4.79 Å². The lowest BCUT2D eigenvalue weighted by Crippen LogP contribution is -2.41. The molecule has 1 N–H and O–H groups in total. The molecule has 1 rings (SSSR count). The summed E-state index contributed by atoms with van der Waals surface area (Å²) in [7, 11) is 5.22. The molecule has 0 saturated carbocycles. The second kappa shape index (κ2) is 6.25. The molecule has 1 unspecified atom stereocenters. The minimum absolute atomic E-state index is 0.0790. The topological polar surface area (TPSA) is 41.6 Å². The molecule has 0 aromatic heterocycles. The maximum atomic E-state index is 11.9. The lowest BCUT2D eigenvalue weighted by Gasteiger charge is -2.21. The van der Waals surface area contributed by atoms with Crippen LogP contribution >= 0.6 is 0 Å². The Balaban J connectivity index is 2.67. The summed E-state index contributed by atoms with van der Waals surface area (Å²) in [5.74, 6) is 0.889. The average molecular weight is 236 g/mol. The van der Waals surface area contributed by atoms with E-state index in [1.807, 2.05) is 31.2 Å². The van der Waals surface area contributed by atoms with Gasteiger partial charge in [-0.15, -0.1) is 0 Å². The van der Waals surface area contributed by atoms with E-state index in [1.165, 1.54) is 0 Å². The van der Waals surface area contributed by atoms with E-state index in [1.54, 1.807) is 26.1 Å². The van der Waals surface area contributed by atoms with Crippen molar-refractivity contribution in [3.8, 4) is 5.75 Å². The molecule has 1 aromatic carbocycles. The minimum atomic E-state index is -0.161. The zero-order chi connectivity index (χ0) is 12.8. The molecule has 0 bridgehead atoms. The maximum Gasteiger partial charge on any atom is 0.239 e. The first-order valence-corrected chi connectivity index (χ1v) is 5.63. The highest BCUT2D eigenvalue weighted by Gasteiger charge is 2.15. The van der Waals surface area contributed by atoms with Crippen molar-refractivity contribution >= 4 is 5.91 Å². The summed E-state index contributed by atoms with van der Waals surface area (Å²) in [4.78, 5) is 13.6. The summed E-state index contributed by atoms with van der Waals surface area (Å²) in [6.45, 7) is 2.44. The van der Waals surface area contributed by atoms with Crippen LogP contribution in [0.15, 0.2) is 24.3 Å². The summed E-state index contributed by atoms with van der Waals surface area (Å²) in [5.41, 5.74) is 1.06. The number of methoxy groups -OCH3 is 1. The highest BCUT2D eigenvalue weighted by atomic mass is 16.5. The number of ether oxygens (including phenoxy) is 1. The van der Waals surface area contributed by atoms with Crippen LogP contribution in [0.4, 0.5) is 0 Å². The quantitative estimate of drug-likeness (QED) is 0.837. The lowest BCUT2D eigenvalue weighted by molar-refractivity contribution is -0.132. The highest BCUT2D eigenvalue weighted by Crippen LogP contribution is 2.14. The third kappa shape index (κ3) is 3.75. The first kappa shape index (κ1) is 13.5. The Morgan fingerprint density at radius 2 is 2.24 bits per heavy atom.